The summed E-state index contributed by atoms with van der Waals surface area (Å²) in [7, 11) is 2.02. The molecule has 0 saturated heterocycles. The first-order valence-corrected chi connectivity index (χ1v) is 13.1. The Hall–Kier alpha value is -4.38. The van der Waals surface area contributed by atoms with E-state index in [2.05, 4.69) is 41.6 Å². The molecular formula is C35H36N4O. The Morgan fingerprint density at radius 3 is 2.23 bits per heavy atom. The van der Waals surface area contributed by atoms with Gasteiger partial charge in [-0.1, -0.05) is 71.7 Å². The van der Waals surface area contributed by atoms with Crippen LogP contribution in [0.1, 0.15) is 64.8 Å². The normalized spacial score (nSPS) is 17.6. The number of phenolic OH excluding ortho intramolecular Hbond substituents is 1. The standard InChI is InChI=1S/C35H36N4O/c1-34(2,3)24-16-18-30(40)32-23(24)15-17-26(37-32)22-20-25(35(4,5)6)33-29(21-22)39(31-14-10-11-19-36-31)28-13-9-8-12-27(28)38(33)7/h8-21,40H,1-7H3/i1D3,2D3,3D3. The van der Waals surface area contributed by atoms with Gasteiger partial charge < -0.3 is 10.0 Å². The molecule has 5 aromatic rings. The minimum absolute atomic E-state index is 0.0788. The van der Waals surface area contributed by atoms with Gasteiger partial charge in [0.2, 0.25) is 0 Å². The van der Waals surface area contributed by atoms with Crippen LogP contribution in [0.25, 0.3) is 22.2 Å². The number of aromatic nitrogens is 2. The topological polar surface area (TPSA) is 52.5 Å². The van der Waals surface area contributed by atoms with Gasteiger partial charge in [-0.3, -0.25) is 4.90 Å². The molecule has 202 valence electrons. The lowest BCUT2D eigenvalue weighted by Gasteiger charge is -2.41. The maximum absolute atomic E-state index is 11.0. The highest BCUT2D eigenvalue weighted by atomic mass is 16.3. The molecule has 0 bridgehead atoms. The number of fused-ring (bicyclic) bond motifs is 3. The smallest absolute Gasteiger partial charge is 0.141 e. The van der Waals surface area contributed by atoms with E-state index in [-0.39, 0.29) is 22.1 Å². The molecule has 0 aliphatic carbocycles. The zero-order valence-electron chi connectivity index (χ0n) is 31.8. The number of benzene rings is 3. The average Bonchev–Trinajstić information content (AvgIpc) is 3.00. The van der Waals surface area contributed by atoms with Crippen LogP contribution in [0.5, 0.6) is 5.75 Å². The summed E-state index contributed by atoms with van der Waals surface area (Å²) in [6.07, 6.45) is 1.73. The summed E-state index contributed by atoms with van der Waals surface area (Å²) in [6.45, 7) is -4.09. The van der Waals surface area contributed by atoms with Gasteiger partial charge in [-0.05, 0) is 70.5 Å². The first-order chi connectivity index (χ1) is 22.7. The van der Waals surface area contributed by atoms with E-state index >= 15 is 0 Å². The van der Waals surface area contributed by atoms with Crippen molar-refractivity contribution in [1.29, 1.82) is 0 Å². The number of para-hydroxylation sites is 2. The van der Waals surface area contributed by atoms with Crippen LogP contribution in [-0.4, -0.2) is 22.1 Å². The molecule has 40 heavy (non-hydrogen) atoms. The van der Waals surface area contributed by atoms with E-state index in [1.165, 1.54) is 6.07 Å². The Bertz CT molecular complexity index is 2030. The van der Waals surface area contributed by atoms with Crippen LogP contribution in [0.15, 0.2) is 85.1 Å². The van der Waals surface area contributed by atoms with Crippen LogP contribution >= 0.6 is 0 Å². The third-order valence-corrected chi connectivity index (χ3v) is 7.37. The maximum Gasteiger partial charge on any atom is 0.141 e. The molecule has 0 saturated carbocycles. The molecule has 1 aliphatic heterocycles. The van der Waals surface area contributed by atoms with Crippen molar-refractivity contribution in [3.63, 3.8) is 0 Å². The second-order valence-electron chi connectivity index (χ2n) is 11.2. The van der Waals surface area contributed by atoms with Gasteiger partial charge >= 0.3 is 0 Å². The molecule has 0 fully saturated rings. The van der Waals surface area contributed by atoms with Crippen LogP contribution in [0.3, 0.4) is 0 Å². The molecule has 5 nitrogen and oxygen atoms in total. The predicted octanol–water partition coefficient (Wildman–Crippen LogP) is 9.15. The Labute approximate surface area is 249 Å². The number of pyridine rings is 2. The van der Waals surface area contributed by atoms with Crippen LogP contribution in [-0.2, 0) is 10.8 Å². The van der Waals surface area contributed by atoms with Crippen molar-refractivity contribution in [2.75, 3.05) is 16.8 Å². The van der Waals surface area contributed by atoms with E-state index in [0.717, 1.165) is 40.4 Å². The number of phenols is 1. The molecule has 5 heteroatoms. The highest BCUT2D eigenvalue weighted by molar-refractivity contribution is 6.00. The minimum atomic E-state index is -3.47. The van der Waals surface area contributed by atoms with E-state index in [0.29, 0.717) is 17.1 Å². The van der Waals surface area contributed by atoms with Gasteiger partial charge in [0.1, 0.15) is 17.1 Å². The fourth-order valence-corrected chi connectivity index (χ4v) is 5.47. The third kappa shape index (κ3) is 4.17. The molecular weight excluding hydrogens is 492 g/mol. The quantitative estimate of drug-likeness (QED) is 0.243. The number of nitrogens with zero attached hydrogens (tertiary/aromatic N) is 4. The van der Waals surface area contributed by atoms with Crippen molar-refractivity contribution in [2.45, 2.75) is 52.2 Å². The molecule has 6 rings (SSSR count). The van der Waals surface area contributed by atoms with E-state index < -0.39 is 31.5 Å². The lowest BCUT2D eigenvalue weighted by molar-refractivity contribution is 0.479. The van der Waals surface area contributed by atoms with Gasteiger partial charge in [-0.15, -0.1) is 0 Å². The average molecular weight is 538 g/mol. The van der Waals surface area contributed by atoms with Crippen molar-refractivity contribution in [2.24, 2.45) is 0 Å². The molecule has 0 spiro atoms. The number of hydrogen-bond donors (Lipinski definition) is 1. The Balaban J connectivity index is 1.65. The monoisotopic (exact) mass is 537 g/mol. The van der Waals surface area contributed by atoms with E-state index in [4.69, 9.17) is 17.3 Å². The van der Waals surface area contributed by atoms with E-state index in [9.17, 15) is 5.11 Å². The molecule has 3 heterocycles. The zero-order chi connectivity index (χ0) is 35.9. The fourth-order valence-electron chi connectivity index (χ4n) is 5.47. The fraction of sp³-hybridized carbons (Fsp3) is 0.257. The highest BCUT2D eigenvalue weighted by Gasteiger charge is 2.34. The van der Waals surface area contributed by atoms with Gasteiger partial charge in [0.15, 0.2) is 0 Å². The van der Waals surface area contributed by atoms with Crippen molar-refractivity contribution in [1.82, 2.24) is 9.97 Å². The van der Waals surface area contributed by atoms with Crippen molar-refractivity contribution >= 4 is 39.5 Å². The summed E-state index contributed by atoms with van der Waals surface area (Å²) >= 11 is 0. The number of hydrogen-bond acceptors (Lipinski definition) is 5. The summed E-state index contributed by atoms with van der Waals surface area (Å²) in [6, 6.07) is 22.9. The number of anilines is 5. The lowest BCUT2D eigenvalue weighted by Crippen LogP contribution is -2.28. The third-order valence-electron chi connectivity index (χ3n) is 7.37. The van der Waals surface area contributed by atoms with Gasteiger partial charge in [0, 0.05) is 36.5 Å². The SMILES string of the molecule is [2H]C([2H])([2H])C(c1ccc(O)c2nc(-c3cc4c(c(C(C)(C)C)c3)N(C)c3ccccc3N4c3ccccn3)ccc12)(C([2H])([2H])[2H])C([2H])([2H])[2H]. The highest BCUT2D eigenvalue weighted by Crippen LogP contribution is 2.54. The van der Waals surface area contributed by atoms with Gasteiger partial charge in [0.05, 0.1) is 28.4 Å². The van der Waals surface area contributed by atoms with Crippen LogP contribution in [0.2, 0.25) is 0 Å². The second-order valence-corrected chi connectivity index (χ2v) is 11.2. The summed E-state index contributed by atoms with van der Waals surface area (Å²) in [5, 5.41) is 11.0. The van der Waals surface area contributed by atoms with Crippen molar-refractivity contribution in [3.8, 4) is 17.0 Å². The molecule has 0 radical (unpaired) electrons. The summed E-state index contributed by atoms with van der Waals surface area (Å²) in [5.41, 5.74) is 1.56. The number of rotatable bonds is 2. The summed E-state index contributed by atoms with van der Waals surface area (Å²) in [4.78, 5) is 13.7. The molecule has 1 aliphatic rings. The van der Waals surface area contributed by atoms with Crippen molar-refractivity contribution < 1.29 is 17.4 Å². The minimum Gasteiger partial charge on any atom is -0.506 e. The predicted molar refractivity (Wildman–Crippen MR) is 167 cm³/mol. The van der Waals surface area contributed by atoms with Gasteiger partial charge in [-0.2, -0.15) is 0 Å². The van der Waals surface area contributed by atoms with Crippen LogP contribution < -0.4 is 9.80 Å². The first kappa shape index (κ1) is 17.3. The van der Waals surface area contributed by atoms with E-state index in [1.54, 1.807) is 12.3 Å². The first-order valence-electron chi connectivity index (χ1n) is 17.6. The van der Waals surface area contributed by atoms with Gasteiger partial charge in [-0.25, -0.2) is 9.97 Å². The molecule has 2 aromatic heterocycles. The Kier molecular flexibility index (Phi) is 3.94. The number of aromatic hydroxyl groups is 1. The van der Waals surface area contributed by atoms with Crippen LogP contribution in [0.4, 0.5) is 28.6 Å². The maximum atomic E-state index is 11.0. The molecule has 3 aromatic carbocycles. The van der Waals surface area contributed by atoms with Crippen molar-refractivity contribution in [3.05, 3.63) is 96.2 Å². The molecule has 1 N–H and O–H groups in total. The Morgan fingerprint density at radius 1 is 0.775 bits per heavy atom. The zero-order valence-corrected chi connectivity index (χ0v) is 22.8. The Morgan fingerprint density at radius 2 is 1.52 bits per heavy atom. The molecule has 0 amide bonds. The molecule has 0 atom stereocenters. The summed E-state index contributed by atoms with van der Waals surface area (Å²) < 4.78 is 74.1. The lowest BCUT2D eigenvalue weighted by atomic mass is 9.82. The summed E-state index contributed by atoms with van der Waals surface area (Å²) in [5.74, 6) is 0.347. The van der Waals surface area contributed by atoms with Gasteiger partial charge in [0.25, 0.3) is 0 Å². The largest absolute Gasteiger partial charge is 0.506 e. The van der Waals surface area contributed by atoms with Crippen LogP contribution in [0, 0.1) is 0 Å². The molecule has 0 unspecified atom stereocenters. The van der Waals surface area contributed by atoms with E-state index in [1.807, 2.05) is 55.6 Å². The second kappa shape index (κ2) is 9.09.